The maximum Gasteiger partial charge on any atom is 0.348 e. The number of amides is 1. The van der Waals surface area contributed by atoms with Gasteiger partial charge in [-0.25, -0.2) is 9.78 Å². The lowest BCUT2D eigenvalue weighted by Crippen LogP contribution is -2.17. The number of nitrogens with zero attached hydrogens (tertiary/aromatic N) is 1. The molecule has 0 saturated carbocycles. The van der Waals surface area contributed by atoms with Crippen LogP contribution in [0.15, 0.2) is 29.1 Å². The number of fused-ring (bicyclic) bond motifs is 1. The molecule has 1 aromatic carbocycles. The van der Waals surface area contributed by atoms with E-state index in [-0.39, 0.29) is 24.1 Å². The summed E-state index contributed by atoms with van der Waals surface area (Å²) in [6.45, 7) is 7.02. The molecule has 0 unspecified atom stereocenters. The Kier molecular flexibility index (Phi) is 5.97. The van der Waals surface area contributed by atoms with E-state index >= 15 is 0 Å². The van der Waals surface area contributed by atoms with Gasteiger partial charge in [-0.2, -0.15) is 0 Å². The van der Waals surface area contributed by atoms with Crippen molar-refractivity contribution < 1.29 is 14.3 Å². The first-order chi connectivity index (χ1) is 13.8. The highest BCUT2D eigenvalue weighted by molar-refractivity contribution is 7.20. The van der Waals surface area contributed by atoms with Crippen molar-refractivity contribution in [3.63, 3.8) is 0 Å². The van der Waals surface area contributed by atoms with Crippen LogP contribution in [0, 0.1) is 6.92 Å². The Morgan fingerprint density at radius 1 is 1.31 bits per heavy atom. The van der Waals surface area contributed by atoms with Crippen LogP contribution in [0.25, 0.3) is 10.2 Å². The molecule has 3 rings (SSSR count). The lowest BCUT2D eigenvalue weighted by molar-refractivity contribution is -0.114. The van der Waals surface area contributed by atoms with Crippen LogP contribution in [-0.4, -0.2) is 28.5 Å². The highest BCUT2D eigenvalue weighted by atomic mass is 32.1. The maximum atomic E-state index is 12.6. The van der Waals surface area contributed by atoms with E-state index in [1.54, 1.807) is 26.0 Å². The first-order valence-electron chi connectivity index (χ1n) is 9.14. The molecular weight excluding hydrogens is 392 g/mol. The maximum absolute atomic E-state index is 12.6. The van der Waals surface area contributed by atoms with Crippen molar-refractivity contribution in [3.05, 3.63) is 50.9 Å². The fraction of sp³-hybridized carbons (Fsp3) is 0.300. The molecule has 8 nitrogen and oxygen atoms in total. The minimum atomic E-state index is -0.449. The van der Waals surface area contributed by atoms with E-state index in [2.05, 4.69) is 20.6 Å². The van der Waals surface area contributed by atoms with Crippen molar-refractivity contribution >= 4 is 44.8 Å². The third-order valence-corrected chi connectivity index (χ3v) is 5.42. The summed E-state index contributed by atoms with van der Waals surface area (Å²) in [4.78, 5) is 44.2. The smallest absolute Gasteiger partial charge is 0.348 e. The molecule has 2 heterocycles. The summed E-state index contributed by atoms with van der Waals surface area (Å²) in [7, 11) is 0. The number of ether oxygens (including phenoxy) is 1. The predicted molar refractivity (Wildman–Crippen MR) is 114 cm³/mol. The SMILES string of the molecule is CCOC(=O)c1sc2nc([C@H](C)Nc3cccc(NC(C)=O)c3)[nH]c(=O)c2c1C. The molecule has 1 atom stereocenters. The van der Waals surface area contributed by atoms with Crippen LogP contribution < -0.4 is 16.2 Å². The number of benzene rings is 1. The lowest BCUT2D eigenvalue weighted by atomic mass is 10.2. The fourth-order valence-corrected chi connectivity index (χ4v) is 4.05. The highest BCUT2D eigenvalue weighted by Crippen LogP contribution is 2.29. The van der Waals surface area contributed by atoms with Crippen LogP contribution in [0.5, 0.6) is 0 Å². The predicted octanol–water partition coefficient (Wildman–Crippen LogP) is 3.60. The topological polar surface area (TPSA) is 113 Å². The van der Waals surface area contributed by atoms with Crippen LogP contribution in [0.2, 0.25) is 0 Å². The van der Waals surface area contributed by atoms with Gasteiger partial charge in [0, 0.05) is 18.3 Å². The Hall–Kier alpha value is -3.20. The van der Waals surface area contributed by atoms with E-state index in [0.717, 1.165) is 17.0 Å². The number of H-pyrrole nitrogens is 1. The van der Waals surface area contributed by atoms with E-state index < -0.39 is 5.97 Å². The van der Waals surface area contributed by atoms with Crippen molar-refractivity contribution in [2.24, 2.45) is 0 Å². The molecule has 0 aliphatic carbocycles. The molecule has 3 N–H and O–H groups in total. The third kappa shape index (κ3) is 4.45. The fourth-order valence-electron chi connectivity index (χ4n) is 2.97. The zero-order valence-electron chi connectivity index (χ0n) is 16.6. The summed E-state index contributed by atoms with van der Waals surface area (Å²) in [5, 5.41) is 6.39. The Morgan fingerprint density at radius 3 is 2.72 bits per heavy atom. The zero-order chi connectivity index (χ0) is 21.1. The molecule has 3 aromatic rings. The van der Waals surface area contributed by atoms with E-state index in [0.29, 0.717) is 32.2 Å². The largest absolute Gasteiger partial charge is 0.462 e. The average molecular weight is 414 g/mol. The third-order valence-electron chi connectivity index (χ3n) is 4.26. The van der Waals surface area contributed by atoms with Gasteiger partial charge in [-0.3, -0.25) is 9.59 Å². The summed E-state index contributed by atoms with van der Waals surface area (Å²) >= 11 is 1.15. The first-order valence-corrected chi connectivity index (χ1v) is 9.96. The Morgan fingerprint density at radius 2 is 2.03 bits per heavy atom. The number of aromatic nitrogens is 2. The molecule has 0 spiro atoms. The summed E-state index contributed by atoms with van der Waals surface area (Å²) in [5.41, 5.74) is 1.71. The molecule has 2 aromatic heterocycles. The normalized spacial score (nSPS) is 11.9. The Bertz CT molecular complexity index is 1140. The van der Waals surface area contributed by atoms with Gasteiger partial charge >= 0.3 is 5.97 Å². The zero-order valence-corrected chi connectivity index (χ0v) is 17.4. The number of esters is 1. The first kappa shape index (κ1) is 20.5. The molecule has 0 saturated heterocycles. The number of thiophene rings is 1. The molecule has 152 valence electrons. The number of rotatable bonds is 6. The van der Waals surface area contributed by atoms with Gasteiger partial charge in [-0.1, -0.05) is 6.07 Å². The van der Waals surface area contributed by atoms with Gasteiger partial charge in [-0.05, 0) is 44.5 Å². The molecule has 0 radical (unpaired) electrons. The summed E-state index contributed by atoms with van der Waals surface area (Å²) in [6, 6.07) is 6.94. The van der Waals surface area contributed by atoms with Gasteiger partial charge in [0.05, 0.1) is 18.0 Å². The number of aryl methyl sites for hydroxylation is 1. The van der Waals surface area contributed by atoms with E-state index in [1.165, 1.54) is 6.92 Å². The van der Waals surface area contributed by atoms with Gasteiger partial charge < -0.3 is 20.4 Å². The van der Waals surface area contributed by atoms with Crippen molar-refractivity contribution in [1.82, 2.24) is 9.97 Å². The van der Waals surface area contributed by atoms with Crippen molar-refractivity contribution in [2.75, 3.05) is 17.2 Å². The second-order valence-corrected chi connectivity index (χ2v) is 7.54. The lowest BCUT2D eigenvalue weighted by Gasteiger charge is -2.15. The van der Waals surface area contributed by atoms with Crippen molar-refractivity contribution in [1.29, 1.82) is 0 Å². The molecule has 0 aliphatic heterocycles. The van der Waals surface area contributed by atoms with Gasteiger partial charge in [0.25, 0.3) is 5.56 Å². The summed E-state index contributed by atoms with van der Waals surface area (Å²) in [5.74, 6) is -0.156. The van der Waals surface area contributed by atoms with E-state index in [1.807, 2.05) is 19.1 Å². The van der Waals surface area contributed by atoms with Crippen molar-refractivity contribution in [2.45, 2.75) is 33.7 Å². The van der Waals surface area contributed by atoms with Gasteiger partial charge in [0.15, 0.2) is 0 Å². The molecule has 9 heteroatoms. The van der Waals surface area contributed by atoms with Crippen LogP contribution in [0.1, 0.15) is 47.9 Å². The number of carbonyl (C=O) groups excluding carboxylic acids is 2. The average Bonchev–Trinajstić information content (AvgIpc) is 2.99. The van der Waals surface area contributed by atoms with Crippen molar-refractivity contribution in [3.8, 4) is 0 Å². The molecule has 0 fully saturated rings. The molecule has 0 bridgehead atoms. The molecule has 29 heavy (non-hydrogen) atoms. The summed E-state index contributed by atoms with van der Waals surface area (Å²) in [6.07, 6.45) is 0. The second-order valence-electron chi connectivity index (χ2n) is 6.54. The number of hydrogen-bond acceptors (Lipinski definition) is 7. The number of nitrogens with one attached hydrogen (secondary N) is 3. The van der Waals surface area contributed by atoms with Gasteiger partial charge in [0.1, 0.15) is 15.5 Å². The second kappa shape index (κ2) is 8.44. The number of hydrogen-bond donors (Lipinski definition) is 3. The number of aromatic amines is 1. The molecular formula is C20H22N4O4S. The highest BCUT2D eigenvalue weighted by Gasteiger charge is 2.21. The Labute approximate surface area is 171 Å². The quantitative estimate of drug-likeness (QED) is 0.531. The van der Waals surface area contributed by atoms with E-state index in [9.17, 15) is 14.4 Å². The van der Waals surface area contributed by atoms with Crippen LogP contribution >= 0.6 is 11.3 Å². The minimum Gasteiger partial charge on any atom is -0.462 e. The number of carbonyl (C=O) groups is 2. The van der Waals surface area contributed by atoms with E-state index in [4.69, 9.17) is 4.74 Å². The van der Waals surface area contributed by atoms with Crippen LogP contribution in [-0.2, 0) is 9.53 Å². The van der Waals surface area contributed by atoms with Crippen LogP contribution in [0.3, 0.4) is 0 Å². The molecule has 1 amide bonds. The monoisotopic (exact) mass is 414 g/mol. The van der Waals surface area contributed by atoms with Gasteiger partial charge in [-0.15, -0.1) is 11.3 Å². The minimum absolute atomic E-state index is 0.155. The number of anilines is 2. The Balaban J connectivity index is 1.91. The van der Waals surface area contributed by atoms with Gasteiger partial charge in [0.2, 0.25) is 5.91 Å². The standard InChI is InChI=1S/C20H22N4O4S/c1-5-28-20(27)16-10(2)15-18(26)23-17(24-19(15)29-16)11(3)21-13-7-6-8-14(9-13)22-12(4)25/h6-9,11,21H,5H2,1-4H3,(H,22,25)(H,23,24,26)/t11-/m0/s1. The van der Waals surface area contributed by atoms with Crippen LogP contribution in [0.4, 0.5) is 11.4 Å². The molecule has 0 aliphatic rings. The summed E-state index contributed by atoms with van der Waals surface area (Å²) < 4.78 is 5.06.